The molecule has 0 unspecified atom stereocenters. The Morgan fingerprint density at radius 3 is 1.01 bits per heavy atom. The number of nitrogens with zero attached hydrogens (tertiary/aromatic N) is 15. The molecule has 35 nitrogen and oxygen atoms in total. The number of amides is 6. The lowest BCUT2D eigenvalue weighted by Crippen LogP contribution is -2.51. The smallest absolute Gasteiger partial charge is 0.410 e. The number of nitrogens with one attached hydrogen (secondary N) is 1. The third-order valence-electron chi connectivity index (χ3n) is 15.5. The predicted octanol–water partition coefficient (Wildman–Crippen LogP) is 11.8. The van der Waals surface area contributed by atoms with Gasteiger partial charge in [0.25, 0.3) is 10.1 Å². The zero-order valence-corrected chi connectivity index (χ0v) is 69.2. The highest BCUT2D eigenvalue weighted by molar-refractivity contribution is 7.86. The second-order valence-corrected chi connectivity index (χ2v) is 36.6. The molecule has 6 amide bonds. The zero-order chi connectivity index (χ0) is 83.3. The minimum Gasteiger partial charge on any atom is -0.444 e. The van der Waals surface area contributed by atoms with Gasteiger partial charge in [-0.3, -0.25) is 4.18 Å². The molecule has 0 aromatic rings. The normalized spacial score (nSPS) is 26.9. The van der Waals surface area contributed by atoms with Crippen LogP contribution in [-0.4, -0.2) is 282 Å². The summed E-state index contributed by atoms with van der Waals surface area (Å²) < 4.78 is 85.1. The number of hydrogen-bond acceptors (Lipinski definition) is 23. The van der Waals surface area contributed by atoms with E-state index in [1.54, 1.807) is 92.9 Å². The number of likely N-dealkylation sites (tertiary alicyclic amines) is 6. The van der Waals surface area contributed by atoms with Crippen LogP contribution in [0.3, 0.4) is 0 Å². The summed E-state index contributed by atoms with van der Waals surface area (Å²) in [5.74, 6) is 1.49. The van der Waals surface area contributed by atoms with E-state index in [0.29, 0.717) is 76.3 Å². The summed E-state index contributed by atoms with van der Waals surface area (Å²) in [5.41, 5.74) is 27.5. The minimum absolute atomic E-state index is 0.00758. The Hall–Kier alpha value is -6.88. The molecule has 108 heavy (non-hydrogen) atoms. The molecule has 7 fully saturated rings. The summed E-state index contributed by atoms with van der Waals surface area (Å²) in [7, 11) is -3.51. The van der Waals surface area contributed by atoms with Gasteiger partial charge in [0.05, 0.1) is 68.4 Å². The van der Waals surface area contributed by atoms with Crippen LogP contribution in [0.5, 0.6) is 0 Å². The fourth-order valence-corrected chi connectivity index (χ4v) is 12.5. The molecule has 14 atom stereocenters. The standard InChI is InChI=1S/C12H23NO5S.C11H20N4O2.C11H21NO3.C10H17FN4O2.C10H19FN2O2.C10H18N4O3.C6H13NO/c1-9-6-10(18-19(5,15)16)8-13(7-9)11(14)17-12(2,3)4;1-8-5-9(13-14-12)7-15(6-8)10(16)17-11(2,3)4;1-8-5-9(13)7-12(6-8)10(14)15-11(2,3)4;1-10(2,3)17-9(16)15-5-7(11)4-8(6-15)13-14-12;1-10(2,3)15-9(14)13-5-7(11)4-8(12)6-13;1-10(2,3)17-9(16)14-5-7(12-13-11)4-8(15)6-14;1-5-2-6(8)4-7-3-5/h9-10H,6-8H2,1-5H3;8-9H,5-7H2,1-4H3;8-9,13H,5-7H2,1-4H3;7-8H,4-6H2,1-3H3;7-8H,4-6,12H2,1-3H3;7-8,15H,4-6H2,1-3H3;5-8H,2-4H2,1H3/t9-,10+;8-,9-;8-,9+;2*7-,8+;7-,8-;5-,6+/m1110011/s1. The maximum atomic E-state index is 13.4. The molecule has 38 heteroatoms. The average Bonchev–Trinajstić information content (AvgIpc) is 0.874. The van der Waals surface area contributed by atoms with Crippen LogP contribution in [-0.2, 0) is 42.7 Å². The lowest BCUT2D eigenvalue weighted by molar-refractivity contribution is -0.00547. The molecule has 0 spiro atoms. The lowest BCUT2D eigenvalue weighted by atomic mass is 9.97. The maximum absolute atomic E-state index is 13.4. The lowest BCUT2D eigenvalue weighted by Gasteiger charge is -2.36. The molecular formula is C70H131F2N17O18S. The molecule has 0 radical (unpaired) electrons. The van der Waals surface area contributed by atoms with E-state index in [2.05, 4.69) is 42.3 Å². The van der Waals surface area contributed by atoms with Crippen molar-refractivity contribution in [2.75, 3.05) is 97.9 Å². The van der Waals surface area contributed by atoms with Crippen LogP contribution in [0.25, 0.3) is 31.3 Å². The summed E-state index contributed by atoms with van der Waals surface area (Å²) in [5, 5.41) is 42.0. The van der Waals surface area contributed by atoms with Crippen LogP contribution in [0, 0.1) is 23.7 Å². The van der Waals surface area contributed by atoms with Crippen molar-refractivity contribution < 1.29 is 93.9 Å². The third-order valence-corrected chi connectivity index (χ3v) is 16.1. The van der Waals surface area contributed by atoms with Gasteiger partial charge >= 0.3 is 36.6 Å². The summed E-state index contributed by atoms with van der Waals surface area (Å²) in [4.78, 5) is 87.4. The quantitative estimate of drug-likeness (QED) is 0.0561. The number of piperidine rings is 7. The number of nitrogens with two attached hydrogens (primary N) is 1. The molecule has 0 aromatic carbocycles. The van der Waals surface area contributed by atoms with Crippen molar-refractivity contribution in [2.45, 2.75) is 292 Å². The summed E-state index contributed by atoms with van der Waals surface area (Å²) in [6, 6.07) is -1.34. The second-order valence-electron chi connectivity index (χ2n) is 35.0. The largest absolute Gasteiger partial charge is 0.444 e. The van der Waals surface area contributed by atoms with E-state index in [4.69, 9.17) is 60.0 Å². The first-order valence-electron chi connectivity index (χ1n) is 36.9. The van der Waals surface area contributed by atoms with Crippen molar-refractivity contribution in [3.8, 4) is 0 Å². The van der Waals surface area contributed by atoms with Gasteiger partial charge < -0.3 is 84.2 Å². The van der Waals surface area contributed by atoms with Gasteiger partial charge in [0, 0.05) is 86.2 Å². The highest BCUT2D eigenvalue weighted by atomic mass is 32.2. The van der Waals surface area contributed by atoms with E-state index in [9.17, 15) is 56.2 Å². The predicted molar refractivity (Wildman–Crippen MR) is 403 cm³/mol. The van der Waals surface area contributed by atoms with Gasteiger partial charge in [-0.2, -0.15) is 8.42 Å². The molecule has 624 valence electrons. The van der Waals surface area contributed by atoms with E-state index in [1.165, 1.54) is 19.6 Å². The molecule has 0 bridgehead atoms. The Morgan fingerprint density at radius 2 is 0.685 bits per heavy atom. The van der Waals surface area contributed by atoms with E-state index in [1.807, 2.05) is 62.3 Å². The van der Waals surface area contributed by atoms with E-state index in [-0.39, 0.29) is 82.0 Å². The van der Waals surface area contributed by atoms with Crippen molar-refractivity contribution in [1.82, 2.24) is 34.7 Å². The first-order valence-corrected chi connectivity index (χ1v) is 38.7. The molecular weight excluding hydrogens is 1440 g/mol. The topological polar surface area (TPSA) is 466 Å². The van der Waals surface area contributed by atoms with Gasteiger partial charge in [-0.15, -0.1) is 0 Å². The number of β-amino-alcohol motifs (C(OH)–C–C–N with tert-alkyl or cyclic N) is 3. The fourth-order valence-electron chi connectivity index (χ4n) is 11.8. The Balaban J connectivity index is 0.000000635. The number of carbonyl (C=O) groups is 6. The molecule has 7 heterocycles. The molecule has 7 aliphatic rings. The summed E-state index contributed by atoms with van der Waals surface area (Å²) in [6.07, 6.45) is -1.49. The number of hydrogen-bond donors (Lipinski definition) is 5. The fraction of sp³-hybridized carbons (Fsp3) is 0.914. The van der Waals surface area contributed by atoms with Crippen molar-refractivity contribution in [1.29, 1.82) is 0 Å². The highest BCUT2D eigenvalue weighted by Crippen LogP contribution is 2.27. The Morgan fingerprint density at radius 1 is 0.398 bits per heavy atom. The van der Waals surface area contributed by atoms with Gasteiger partial charge in [0.15, 0.2) is 0 Å². The molecule has 6 N–H and O–H groups in total. The van der Waals surface area contributed by atoms with E-state index >= 15 is 0 Å². The number of azide groups is 3. The number of carbonyl (C=O) groups excluding carboxylic acids is 6. The minimum atomic E-state index is -3.51. The number of aliphatic hydroxyl groups excluding tert-OH is 3. The van der Waals surface area contributed by atoms with Crippen LogP contribution < -0.4 is 11.1 Å². The number of halogens is 2. The third kappa shape index (κ3) is 46.6. The average molecular weight is 1570 g/mol. The monoisotopic (exact) mass is 1570 g/mol. The van der Waals surface area contributed by atoms with Crippen LogP contribution in [0.4, 0.5) is 37.5 Å². The first kappa shape index (κ1) is 99.1. The Labute approximate surface area is 638 Å². The summed E-state index contributed by atoms with van der Waals surface area (Å²) >= 11 is 0. The molecule has 0 saturated carbocycles. The number of aliphatic hydroxyl groups is 3. The van der Waals surface area contributed by atoms with Crippen LogP contribution >= 0.6 is 0 Å². The van der Waals surface area contributed by atoms with Crippen LogP contribution in [0.15, 0.2) is 15.3 Å². The SMILES string of the molecule is CC(C)(C)OC(=O)N1C[C@@H](F)C[C@@H](N=[N+]=[N-])C1.CC(C)(C)OC(=O)N1C[C@H](N)C[C@H](F)C1.CC(C)(C)OC(=O)N1C[C@H](O)C[C@@H](N=[N+]=[N-])C1.C[C@@H]1C[C@@H](N=[N+]=[N-])CN(C(=O)OC(C)(C)C)C1.C[C@@H]1C[C@H](O)CN(C(=O)OC(C)(C)C)C1.C[C@@H]1C[C@H](OS(C)(=O)=O)CN(C(=O)OC(C)(C)C)C1.C[C@H]1CNC[C@@H](O)C1. The Bertz CT molecular complexity index is 2840. The Kier molecular flexibility index (Phi) is 41.2. The van der Waals surface area contributed by atoms with Crippen LogP contribution in [0.2, 0.25) is 0 Å². The van der Waals surface area contributed by atoms with Gasteiger partial charge in [0.2, 0.25) is 0 Å². The van der Waals surface area contributed by atoms with E-state index < -0.39 is 111 Å². The first-order chi connectivity index (χ1) is 49.2. The molecule has 7 aliphatic heterocycles. The molecule has 0 aromatic heterocycles. The van der Waals surface area contributed by atoms with Gasteiger partial charge in [-0.25, -0.2) is 37.5 Å². The van der Waals surface area contributed by atoms with Crippen molar-refractivity contribution in [3.05, 3.63) is 31.3 Å². The second kappa shape index (κ2) is 44.8. The summed E-state index contributed by atoms with van der Waals surface area (Å²) in [6.45, 7) is 46.4. The van der Waals surface area contributed by atoms with Crippen molar-refractivity contribution in [2.24, 2.45) is 44.7 Å². The van der Waals surface area contributed by atoms with Crippen LogP contribution in [0.1, 0.15) is 197 Å². The zero-order valence-electron chi connectivity index (χ0n) is 68.3. The van der Waals surface area contributed by atoms with Gasteiger partial charge in [-0.05, 0) is 216 Å². The molecule has 7 rings (SSSR count). The number of alkyl halides is 2. The van der Waals surface area contributed by atoms with Gasteiger partial charge in [0.1, 0.15) is 45.9 Å². The van der Waals surface area contributed by atoms with Crippen molar-refractivity contribution >= 4 is 46.7 Å². The van der Waals surface area contributed by atoms with Crippen molar-refractivity contribution in [3.63, 3.8) is 0 Å². The van der Waals surface area contributed by atoms with E-state index in [0.717, 1.165) is 38.6 Å². The highest BCUT2D eigenvalue weighted by Gasteiger charge is 2.38. The van der Waals surface area contributed by atoms with Gasteiger partial charge in [-0.1, -0.05) is 43.0 Å². The number of ether oxygens (including phenoxy) is 6. The number of rotatable bonds is 5. The molecule has 0 aliphatic carbocycles. The maximum Gasteiger partial charge on any atom is 0.410 e. The molecule has 7 saturated heterocycles.